The first kappa shape index (κ1) is 14.1. The van der Waals surface area contributed by atoms with Crippen molar-refractivity contribution in [3.05, 3.63) is 46.3 Å². The fourth-order valence-electron chi connectivity index (χ4n) is 2.61. The summed E-state index contributed by atoms with van der Waals surface area (Å²) in [6.07, 6.45) is 5.83. The second-order valence-electron chi connectivity index (χ2n) is 5.35. The fourth-order valence-corrected chi connectivity index (χ4v) is 3.29. The zero-order chi connectivity index (χ0) is 14.8. The molecular formula is C16H20N4S. The molecule has 0 aliphatic carbocycles. The average molecular weight is 300 g/mol. The third kappa shape index (κ3) is 2.78. The van der Waals surface area contributed by atoms with Gasteiger partial charge in [-0.3, -0.25) is 0 Å². The lowest BCUT2D eigenvalue weighted by Crippen LogP contribution is -2.09. The van der Waals surface area contributed by atoms with Crippen LogP contribution < -0.4 is 0 Å². The number of aryl methyl sites for hydroxylation is 2. The summed E-state index contributed by atoms with van der Waals surface area (Å²) in [6.45, 7) is 6.39. The number of aromatic nitrogens is 4. The topological polar surface area (TPSA) is 46.5 Å². The Balaban J connectivity index is 1.91. The van der Waals surface area contributed by atoms with Crippen molar-refractivity contribution in [3.63, 3.8) is 0 Å². The highest BCUT2D eigenvalue weighted by Gasteiger charge is 2.17. The first-order valence-corrected chi connectivity index (χ1v) is 8.23. The Morgan fingerprint density at radius 3 is 2.95 bits per heavy atom. The predicted molar refractivity (Wildman–Crippen MR) is 86.7 cm³/mol. The number of imidazole rings is 2. The van der Waals surface area contributed by atoms with Crippen LogP contribution >= 0.6 is 11.3 Å². The van der Waals surface area contributed by atoms with Crippen LogP contribution in [-0.4, -0.2) is 19.5 Å². The Kier molecular flexibility index (Phi) is 3.92. The van der Waals surface area contributed by atoms with E-state index in [0.717, 1.165) is 35.9 Å². The minimum atomic E-state index is 0.360. The first-order chi connectivity index (χ1) is 10.2. The maximum Gasteiger partial charge on any atom is 0.160 e. The quantitative estimate of drug-likeness (QED) is 0.774. The number of thiophene rings is 1. The molecule has 0 aliphatic rings. The van der Waals surface area contributed by atoms with Crippen LogP contribution in [0.25, 0.3) is 11.5 Å². The number of rotatable bonds is 5. The van der Waals surface area contributed by atoms with Gasteiger partial charge < -0.3 is 9.55 Å². The molecule has 5 heteroatoms. The summed E-state index contributed by atoms with van der Waals surface area (Å²) in [7, 11) is 0. The van der Waals surface area contributed by atoms with Crippen molar-refractivity contribution in [1.29, 1.82) is 0 Å². The van der Waals surface area contributed by atoms with Crippen LogP contribution in [-0.2, 0) is 12.8 Å². The number of H-pyrrole nitrogens is 1. The Labute approximate surface area is 128 Å². The number of hydrogen-bond acceptors (Lipinski definition) is 3. The van der Waals surface area contributed by atoms with Crippen LogP contribution in [0.15, 0.2) is 29.2 Å². The van der Waals surface area contributed by atoms with Crippen molar-refractivity contribution < 1.29 is 0 Å². The van der Waals surface area contributed by atoms with Crippen molar-refractivity contribution in [2.24, 2.45) is 0 Å². The third-order valence-electron chi connectivity index (χ3n) is 3.74. The summed E-state index contributed by atoms with van der Waals surface area (Å²) in [6, 6.07) is 2.55. The maximum absolute atomic E-state index is 4.67. The van der Waals surface area contributed by atoms with E-state index in [9.17, 15) is 0 Å². The summed E-state index contributed by atoms with van der Waals surface area (Å²) in [4.78, 5) is 12.5. The molecule has 3 heterocycles. The van der Waals surface area contributed by atoms with E-state index < -0.39 is 0 Å². The minimum absolute atomic E-state index is 0.360. The SMILES string of the molecule is CCc1nc(-c2nccn2[C@@H](C)Cc2ccsc2)c(C)[nH]1. The Bertz CT molecular complexity index is 709. The van der Waals surface area contributed by atoms with Crippen LogP contribution in [0.1, 0.15) is 37.0 Å². The molecular weight excluding hydrogens is 280 g/mol. The van der Waals surface area contributed by atoms with Crippen molar-refractivity contribution in [2.45, 2.75) is 39.7 Å². The van der Waals surface area contributed by atoms with Gasteiger partial charge in [0, 0.05) is 30.6 Å². The van der Waals surface area contributed by atoms with Gasteiger partial charge in [-0.05, 0) is 42.7 Å². The number of nitrogens with one attached hydrogen (secondary N) is 1. The number of hydrogen-bond donors (Lipinski definition) is 1. The average Bonchev–Trinajstić information content (AvgIpc) is 3.17. The molecule has 0 unspecified atom stereocenters. The standard InChI is InChI=1S/C16H20N4S/c1-4-14-18-12(3)15(19-14)16-17-6-7-20(16)11(2)9-13-5-8-21-10-13/h5-8,10-11H,4,9H2,1-3H3,(H,18,19)/t11-/m0/s1. The molecule has 0 spiro atoms. The van der Waals surface area contributed by atoms with E-state index in [-0.39, 0.29) is 0 Å². The van der Waals surface area contributed by atoms with Crippen LogP contribution in [0.5, 0.6) is 0 Å². The second kappa shape index (κ2) is 5.85. The molecule has 0 amide bonds. The molecule has 1 atom stereocenters. The van der Waals surface area contributed by atoms with Gasteiger partial charge in [-0.1, -0.05) is 6.92 Å². The van der Waals surface area contributed by atoms with Gasteiger partial charge in [0.1, 0.15) is 11.5 Å². The van der Waals surface area contributed by atoms with E-state index in [1.165, 1.54) is 5.56 Å². The number of nitrogens with zero attached hydrogens (tertiary/aromatic N) is 3. The van der Waals surface area contributed by atoms with Crippen LogP contribution in [0.4, 0.5) is 0 Å². The van der Waals surface area contributed by atoms with Crippen molar-refractivity contribution in [3.8, 4) is 11.5 Å². The lowest BCUT2D eigenvalue weighted by molar-refractivity contribution is 0.550. The molecule has 0 aliphatic heterocycles. The zero-order valence-electron chi connectivity index (χ0n) is 12.6. The summed E-state index contributed by atoms with van der Waals surface area (Å²) >= 11 is 1.75. The lowest BCUT2D eigenvalue weighted by Gasteiger charge is -2.15. The van der Waals surface area contributed by atoms with Crippen LogP contribution in [0.2, 0.25) is 0 Å². The first-order valence-electron chi connectivity index (χ1n) is 7.28. The largest absolute Gasteiger partial charge is 0.345 e. The van der Waals surface area contributed by atoms with Crippen molar-refractivity contribution in [1.82, 2.24) is 19.5 Å². The highest BCUT2D eigenvalue weighted by atomic mass is 32.1. The molecule has 3 aromatic rings. The third-order valence-corrected chi connectivity index (χ3v) is 4.47. The summed E-state index contributed by atoms with van der Waals surface area (Å²) in [5.41, 5.74) is 3.43. The van der Waals surface area contributed by atoms with Crippen molar-refractivity contribution >= 4 is 11.3 Å². The molecule has 0 aromatic carbocycles. The van der Waals surface area contributed by atoms with Crippen LogP contribution in [0.3, 0.4) is 0 Å². The van der Waals surface area contributed by atoms with Gasteiger partial charge in [-0.2, -0.15) is 11.3 Å². The highest BCUT2D eigenvalue weighted by Crippen LogP contribution is 2.25. The van der Waals surface area contributed by atoms with Crippen molar-refractivity contribution in [2.75, 3.05) is 0 Å². The normalized spacial score (nSPS) is 12.7. The predicted octanol–water partition coefficient (Wildman–Crippen LogP) is 4.01. The van der Waals surface area contributed by atoms with Crippen LogP contribution in [0, 0.1) is 6.92 Å². The van der Waals surface area contributed by atoms with E-state index in [1.54, 1.807) is 11.3 Å². The maximum atomic E-state index is 4.67. The molecule has 21 heavy (non-hydrogen) atoms. The van der Waals surface area contributed by atoms with Gasteiger partial charge in [0.05, 0.1) is 0 Å². The lowest BCUT2D eigenvalue weighted by atomic mass is 10.1. The van der Waals surface area contributed by atoms with Gasteiger partial charge in [-0.25, -0.2) is 9.97 Å². The van der Waals surface area contributed by atoms with E-state index in [0.29, 0.717) is 6.04 Å². The Hall–Kier alpha value is -1.88. The molecule has 110 valence electrons. The molecule has 0 radical (unpaired) electrons. The smallest absolute Gasteiger partial charge is 0.160 e. The zero-order valence-corrected chi connectivity index (χ0v) is 13.4. The highest BCUT2D eigenvalue weighted by molar-refractivity contribution is 7.07. The van der Waals surface area contributed by atoms with Gasteiger partial charge in [0.25, 0.3) is 0 Å². The molecule has 0 bridgehead atoms. The van der Waals surface area contributed by atoms with Gasteiger partial charge >= 0.3 is 0 Å². The van der Waals surface area contributed by atoms with E-state index >= 15 is 0 Å². The molecule has 1 N–H and O–H groups in total. The Morgan fingerprint density at radius 2 is 2.29 bits per heavy atom. The molecule has 0 saturated heterocycles. The molecule has 3 rings (SSSR count). The fraction of sp³-hybridized carbons (Fsp3) is 0.375. The Morgan fingerprint density at radius 1 is 1.43 bits per heavy atom. The summed E-state index contributed by atoms with van der Waals surface area (Å²) < 4.78 is 2.22. The monoisotopic (exact) mass is 300 g/mol. The summed E-state index contributed by atoms with van der Waals surface area (Å²) in [5, 5.41) is 4.34. The van der Waals surface area contributed by atoms with E-state index in [4.69, 9.17) is 0 Å². The second-order valence-corrected chi connectivity index (χ2v) is 6.13. The van der Waals surface area contributed by atoms with Gasteiger partial charge in [0.2, 0.25) is 0 Å². The van der Waals surface area contributed by atoms with Gasteiger partial charge in [0.15, 0.2) is 5.82 Å². The van der Waals surface area contributed by atoms with Gasteiger partial charge in [-0.15, -0.1) is 0 Å². The van der Waals surface area contributed by atoms with E-state index in [1.807, 2.05) is 12.4 Å². The molecule has 0 saturated carbocycles. The molecule has 0 fully saturated rings. The molecule has 3 aromatic heterocycles. The van der Waals surface area contributed by atoms with E-state index in [2.05, 4.69) is 57.1 Å². The summed E-state index contributed by atoms with van der Waals surface area (Å²) in [5.74, 6) is 1.97. The molecule has 4 nitrogen and oxygen atoms in total. The number of aromatic amines is 1. The minimum Gasteiger partial charge on any atom is -0.345 e.